The van der Waals surface area contributed by atoms with Crippen LogP contribution < -0.4 is 0 Å². The lowest BCUT2D eigenvalue weighted by Crippen LogP contribution is -2.11. The van der Waals surface area contributed by atoms with Crippen molar-refractivity contribution in [1.29, 1.82) is 0 Å². The zero-order valence-electron chi connectivity index (χ0n) is 9.78. The molecule has 1 rings (SSSR count). The first-order valence-corrected chi connectivity index (χ1v) is 5.03. The van der Waals surface area contributed by atoms with E-state index in [-0.39, 0.29) is 5.41 Å². The highest BCUT2D eigenvalue weighted by Crippen LogP contribution is 2.22. The molecule has 0 atom stereocenters. The van der Waals surface area contributed by atoms with Crippen molar-refractivity contribution in [3.8, 4) is 0 Å². The molecule has 0 aliphatic carbocycles. The highest BCUT2D eigenvalue weighted by Gasteiger charge is 2.14. The molecule has 0 unspecified atom stereocenters. The van der Waals surface area contributed by atoms with E-state index < -0.39 is 0 Å². The van der Waals surface area contributed by atoms with Crippen LogP contribution in [0.2, 0.25) is 0 Å². The summed E-state index contributed by atoms with van der Waals surface area (Å²) in [5, 5.41) is 0. The van der Waals surface area contributed by atoms with Crippen LogP contribution in [-0.2, 0) is 16.9 Å². The summed E-state index contributed by atoms with van der Waals surface area (Å²) in [4.78, 5) is 15.9. The molecule has 0 N–H and O–H groups in total. The van der Waals surface area contributed by atoms with Crippen LogP contribution in [0.3, 0.4) is 0 Å². The minimum absolute atomic E-state index is 0.124. The molecule has 0 spiro atoms. The van der Waals surface area contributed by atoms with E-state index in [0.29, 0.717) is 11.5 Å². The first-order chi connectivity index (χ1) is 6.89. The molecule has 3 heteroatoms. The monoisotopic (exact) mass is 208 g/mol. The maximum absolute atomic E-state index is 10.6. The van der Waals surface area contributed by atoms with E-state index in [4.69, 9.17) is 4.84 Å². The molecule has 0 amide bonds. The molecule has 0 aliphatic rings. The number of rotatable bonds is 3. The van der Waals surface area contributed by atoms with Crippen molar-refractivity contribution in [2.75, 3.05) is 7.05 Å². The molecular formula is C12H18NO2+. The van der Waals surface area contributed by atoms with Crippen molar-refractivity contribution >= 4 is 0 Å². The van der Waals surface area contributed by atoms with Crippen molar-refractivity contribution in [2.24, 2.45) is 0 Å². The molecule has 0 saturated heterocycles. The first kappa shape index (κ1) is 11.7. The average Bonchev–Trinajstić information content (AvgIpc) is 2.14. The third kappa shape index (κ3) is 3.70. The van der Waals surface area contributed by atoms with Crippen molar-refractivity contribution in [1.82, 2.24) is 0 Å². The number of nitrogens with zero attached hydrogens (tertiary/aromatic N) is 1. The molecule has 0 heterocycles. The topological polar surface area (TPSA) is 29.3 Å². The van der Waals surface area contributed by atoms with Gasteiger partial charge in [0, 0.05) is 0 Å². The largest absolute Gasteiger partial charge is 0.239 e. The van der Waals surface area contributed by atoms with Gasteiger partial charge in [0.05, 0.1) is 4.91 Å². The van der Waals surface area contributed by atoms with Crippen LogP contribution in [0, 0.1) is 4.91 Å². The van der Waals surface area contributed by atoms with Gasteiger partial charge in [-0.05, 0) is 16.5 Å². The summed E-state index contributed by atoms with van der Waals surface area (Å²) in [6.45, 7) is 6.80. The minimum Gasteiger partial charge on any atom is -0.228 e. The summed E-state index contributed by atoms with van der Waals surface area (Å²) in [5.41, 5.74) is 2.39. The SMILES string of the molecule is C[N+](=O)OCc1cccc(C(C)(C)C)c1. The van der Waals surface area contributed by atoms with Crippen molar-refractivity contribution in [3.63, 3.8) is 0 Å². The van der Waals surface area contributed by atoms with Gasteiger partial charge in [-0.15, -0.1) is 0 Å². The van der Waals surface area contributed by atoms with Gasteiger partial charge in [0.25, 0.3) is 0 Å². The van der Waals surface area contributed by atoms with Crippen molar-refractivity contribution in [2.45, 2.75) is 32.8 Å². The highest BCUT2D eigenvalue weighted by atomic mass is 16.8. The Hall–Kier alpha value is -1.38. The number of hydrogen-bond donors (Lipinski definition) is 0. The molecule has 15 heavy (non-hydrogen) atoms. The van der Waals surface area contributed by atoms with E-state index in [2.05, 4.69) is 32.9 Å². The van der Waals surface area contributed by atoms with E-state index in [1.165, 1.54) is 12.6 Å². The molecule has 0 aliphatic heterocycles. The fourth-order valence-electron chi connectivity index (χ4n) is 1.29. The molecule has 0 bridgehead atoms. The van der Waals surface area contributed by atoms with Crippen LogP contribution in [-0.4, -0.2) is 12.0 Å². The van der Waals surface area contributed by atoms with E-state index in [0.717, 1.165) is 5.56 Å². The van der Waals surface area contributed by atoms with Gasteiger partial charge in [0.1, 0.15) is 0 Å². The van der Waals surface area contributed by atoms with E-state index >= 15 is 0 Å². The molecule has 1 aromatic carbocycles. The van der Waals surface area contributed by atoms with Crippen LogP contribution in [0.25, 0.3) is 0 Å². The Morgan fingerprint density at radius 1 is 1.33 bits per heavy atom. The zero-order chi connectivity index (χ0) is 11.5. The molecule has 82 valence electrons. The summed E-state index contributed by atoms with van der Waals surface area (Å²) < 4.78 is 0. The number of hydrogen-bond acceptors (Lipinski definition) is 2. The van der Waals surface area contributed by atoms with Gasteiger partial charge in [-0.2, -0.15) is 0 Å². The third-order valence-electron chi connectivity index (χ3n) is 2.21. The maximum Gasteiger partial charge on any atom is 0.239 e. The lowest BCUT2D eigenvalue weighted by atomic mass is 9.86. The second-order valence-corrected chi connectivity index (χ2v) is 4.66. The van der Waals surface area contributed by atoms with Gasteiger partial charge in [-0.1, -0.05) is 45.0 Å². The fraction of sp³-hybridized carbons (Fsp3) is 0.500. The predicted molar refractivity (Wildman–Crippen MR) is 59.5 cm³/mol. The molecular weight excluding hydrogens is 190 g/mol. The second kappa shape index (κ2) is 4.43. The highest BCUT2D eigenvalue weighted by molar-refractivity contribution is 5.28. The average molecular weight is 208 g/mol. The van der Waals surface area contributed by atoms with Crippen LogP contribution in [0.4, 0.5) is 0 Å². The quantitative estimate of drug-likeness (QED) is 0.715. The van der Waals surface area contributed by atoms with Crippen molar-refractivity contribution < 1.29 is 9.76 Å². The predicted octanol–water partition coefficient (Wildman–Crippen LogP) is 2.82. The molecule has 0 aromatic heterocycles. The summed E-state index contributed by atoms with van der Waals surface area (Å²) >= 11 is 0. The molecule has 3 nitrogen and oxygen atoms in total. The Morgan fingerprint density at radius 3 is 2.53 bits per heavy atom. The van der Waals surface area contributed by atoms with Crippen LogP contribution in [0.15, 0.2) is 24.3 Å². The smallest absolute Gasteiger partial charge is 0.228 e. The summed E-state index contributed by atoms with van der Waals surface area (Å²) in [6, 6.07) is 8.11. The standard InChI is InChI=1S/C12H18NO2/c1-12(2,3)11-7-5-6-10(8-11)9-15-13(4)14/h5-8H,9H2,1-4H3/q+1. The lowest BCUT2D eigenvalue weighted by molar-refractivity contribution is -0.789. The summed E-state index contributed by atoms with van der Waals surface area (Å²) in [5.74, 6) is 0. The van der Waals surface area contributed by atoms with Gasteiger partial charge < -0.3 is 0 Å². The Bertz CT molecular complexity index is 353. The Kier molecular flexibility index (Phi) is 3.45. The molecule has 0 fully saturated rings. The van der Waals surface area contributed by atoms with E-state index in [1.54, 1.807) is 0 Å². The molecule has 0 radical (unpaired) electrons. The fourth-order valence-corrected chi connectivity index (χ4v) is 1.29. The first-order valence-electron chi connectivity index (χ1n) is 5.03. The van der Waals surface area contributed by atoms with E-state index in [1.807, 2.05) is 12.1 Å². The van der Waals surface area contributed by atoms with Gasteiger partial charge in [0.15, 0.2) is 6.61 Å². The third-order valence-corrected chi connectivity index (χ3v) is 2.21. The molecule has 1 aromatic rings. The normalized spacial score (nSPS) is 11.2. The van der Waals surface area contributed by atoms with Crippen molar-refractivity contribution in [3.05, 3.63) is 40.3 Å². The summed E-state index contributed by atoms with van der Waals surface area (Å²) in [6.07, 6.45) is 0. The molecule has 0 saturated carbocycles. The lowest BCUT2D eigenvalue weighted by Gasteiger charge is -2.19. The van der Waals surface area contributed by atoms with E-state index in [9.17, 15) is 4.91 Å². The van der Waals surface area contributed by atoms with Crippen LogP contribution >= 0.6 is 0 Å². The Balaban J connectivity index is 2.79. The Morgan fingerprint density at radius 2 is 2.00 bits per heavy atom. The van der Waals surface area contributed by atoms with Gasteiger partial charge in [0.2, 0.25) is 12.0 Å². The summed E-state index contributed by atoms with van der Waals surface area (Å²) in [7, 11) is 1.34. The number of benzene rings is 1. The second-order valence-electron chi connectivity index (χ2n) is 4.66. The maximum atomic E-state index is 10.6. The van der Waals surface area contributed by atoms with Gasteiger partial charge in [-0.3, -0.25) is 0 Å². The van der Waals surface area contributed by atoms with Crippen LogP contribution in [0.5, 0.6) is 0 Å². The van der Waals surface area contributed by atoms with Gasteiger partial charge >= 0.3 is 0 Å². The zero-order valence-corrected chi connectivity index (χ0v) is 9.78. The van der Waals surface area contributed by atoms with Gasteiger partial charge in [-0.25, -0.2) is 4.84 Å². The minimum atomic E-state index is 0.124. The van der Waals surface area contributed by atoms with Crippen LogP contribution in [0.1, 0.15) is 31.9 Å². The Labute approximate surface area is 90.6 Å².